The molecule has 0 radical (unpaired) electrons. The van der Waals surface area contributed by atoms with E-state index in [0.717, 1.165) is 17.1 Å². The van der Waals surface area contributed by atoms with Crippen LogP contribution in [-0.4, -0.2) is 32.3 Å². The van der Waals surface area contributed by atoms with Gasteiger partial charge in [0.2, 0.25) is 0 Å². The number of esters is 1. The molecule has 7 nitrogen and oxygen atoms in total. The van der Waals surface area contributed by atoms with Crippen LogP contribution < -0.4 is 5.32 Å². The predicted molar refractivity (Wildman–Crippen MR) is 76.5 cm³/mol. The second-order valence-electron chi connectivity index (χ2n) is 4.60. The SMILES string of the molecule is CCOC(=O)c1cnn(C)c1CNCc1cnc(C)cn1. The molecule has 0 aliphatic carbocycles. The largest absolute Gasteiger partial charge is 0.462 e. The van der Waals surface area contributed by atoms with Crippen LogP contribution in [0.5, 0.6) is 0 Å². The number of nitrogens with one attached hydrogen (secondary N) is 1. The Morgan fingerprint density at radius 2 is 2.10 bits per heavy atom. The smallest absolute Gasteiger partial charge is 0.341 e. The summed E-state index contributed by atoms with van der Waals surface area (Å²) in [6.45, 7) is 5.09. The quantitative estimate of drug-likeness (QED) is 0.798. The van der Waals surface area contributed by atoms with Crippen molar-refractivity contribution in [2.75, 3.05) is 6.61 Å². The molecule has 0 unspecified atom stereocenters. The van der Waals surface area contributed by atoms with Crippen molar-refractivity contribution >= 4 is 5.97 Å². The molecule has 1 N–H and O–H groups in total. The number of aromatic nitrogens is 4. The van der Waals surface area contributed by atoms with Crippen molar-refractivity contribution in [2.45, 2.75) is 26.9 Å². The highest BCUT2D eigenvalue weighted by Gasteiger charge is 2.16. The van der Waals surface area contributed by atoms with Gasteiger partial charge in [0.1, 0.15) is 5.56 Å². The Bertz CT molecular complexity index is 606. The molecule has 0 aliphatic rings. The number of carbonyl (C=O) groups excluding carboxylic acids is 1. The number of hydrogen-bond donors (Lipinski definition) is 1. The Morgan fingerprint density at radius 1 is 1.29 bits per heavy atom. The fourth-order valence-electron chi connectivity index (χ4n) is 1.87. The summed E-state index contributed by atoms with van der Waals surface area (Å²) in [7, 11) is 1.80. The minimum Gasteiger partial charge on any atom is -0.462 e. The van der Waals surface area contributed by atoms with E-state index in [1.54, 1.807) is 31.0 Å². The third-order valence-corrected chi connectivity index (χ3v) is 2.99. The summed E-state index contributed by atoms with van der Waals surface area (Å²) in [6.07, 6.45) is 4.99. The highest BCUT2D eigenvalue weighted by Crippen LogP contribution is 2.09. The molecule has 0 spiro atoms. The molecule has 7 heteroatoms. The summed E-state index contributed by atoms with van der Waals surface area (Å²) in [5, 5.41) is 7.34. The van der Waals surface area contributed by atoms with Crippen molar-refractivity contribution in [1.29, 1.82) is 0 Å². The zero-order chi connectivity index (χ0) is 15.2. The summed E-state index contributed by atoms with van der Waals surface area (Å²) >= 11 is 0. The van der Waals surface area contributed by atoms with Crippen LogP contribution in [0.2, 0.25) is 0 Å². The number of nitrogens with zero attached hydrogens (tertiary/aromatic N) is 4. The Kier molecular flexibility index (Phi) is 4.99. The maximum Gasteiger partial charge on any atom is 0.341 e. The fraction of sp³-hybridized carbons (Fsp3) is 0.429. The van der Waals surface area contributed by atoms with E-state index in [4.69, 9.17) is 4.74 Å². The van der Waals surface area contributed by atoms with Crippen LogP contribution in [0.3, 0.4) is 0 Å². The lowest BCUT2D eigenvalue weighted by molar-refractivity contribution is 0.0524. The fourth-order valence-corrected chi connectivity index (χ4v) is 1.87. The number of rotatable bonds is 6. The van der Waals surface area contributed by atoms with E-state index in [9.17, 15) is 4.79 Å². The Balaban J connectivity index is 1.98. The molecule has 0 aromatic carbocycles. The lowest BCUT2D eigenvalue weighted by Gasteiger charge is -2.07. The molecule has 0 atom stereocenters. The van der Waals surface area contributed by atoms with Crippen molar-refractivity contribution in [2.24, 2.45) is 7.05 Å². The van der Waals surface area contributed by atoms with Crippen molar-refractivity contribution in [1.82, 2.24) is 25.1 Å². The van der Waals surface area contributed by atoms with Crippen LogP contribution in [0.1, 0.15) is 34.4 Å². The Hall–Kier alpha value is -2.28. The van der Waals surface area contributed by atoms with E-state index in [1.807, 2.05) is 6.92 Å². The number of ether oxygens (including phenoxy) is 1. The Labute approximate surface area is 123 Å². The minimum absolute atomic E-state index is 0.347. The van der Waals surface area contributed by atoms with Crippen molar-refractivity contribution in [3.05, 3.63) is 41.2 Å². The average molecular weight is 289 g/mol. The summed E-state index contributed by atoms with van der Waals surface area (Å²) in [5.41, 5.74) is 3.01. The van der Waals surface area contributed by atoms with Crippen LogP contribution in [0.4, 0.5) is 0 Å². The lowest BCUT2D eigenvalue weighted by Crippen LogP contribution is -2.19. The molecule has 112 valence electrons. The van der Waals surface area contributed by atoms with Gasteiger partial charge in [0.15, 0.2) is 0 Å². The minimum atomic E-state index is -0.350. The molecule has 0 saturated heterocycles. The number of carbonyl (C=O) groups is 1. The first-order valence-electron chi connectivity index (χ1n) is 6.78. The van der Waals surface area contributed by atoms with E-state index in [2.05, 4.69) is 20.4 Å². The molecule has 0 saturated carbocycles. The summed E-state index contributed by atoms with van der Waals surface area (Å²) in [4.78, 5) is 20.3. The van der Waals surface area contributed by atoms with E-state index in [0.29, 0.717) is 25.3 Å². The van der Waals surface area contributed by atoms with Crippen LogP contribution in [0.25, 0.3) is 0 Å². The maximum absolute atomic E-state index is 11.8. The van der Waals surface area contributed by atoms with Crippen LogP contribution in [-0.2, 0) is 24.9 Å². The highest BCUT2D eigenvalue weighted by molar-refractivity contribution is 5.90. The highest BCUT2D eigenvalue weighted by atomic mass is 16.5. The monoisotopic (exact) mass is 289 g/mol. The van der Waals surface area contributed by atoms with Gasteiger partial charge in [0.25, 0.3) is 0 Å². The molecule has 0 fully saturated rings. The standard InChI is InChI=1S/C14H19N5O2/c1-4-21-14(20)12-8-18-19(3)13(12)9-15-6-11-7-16-10(2)5-17-11/h5,7-8,15H,4,6,9H2,1-3H3. The molecule has 0 amide bonds. The average Bonchev–Trinajstić information content (AvgIpc) is 2.83. The molecule has 0 aliphatic heterocycles. The normalized spacial score (nSPS) is 10.6. The predicted octanol–water partition coefficient (Wildman–Crippen LogP) is 0.985. The number of aryl methyl sites for hydroxylation is 2. The molecule has 0 bridgehead atoms. The van der Waals surface area contributed by atoms with Gasteiger partial charge in [-0.1, -0.05) is 0 Å². The summed E-state index contributed by atoms with van der Waals surface area (Å²) < 4.78 is 6.68. The first-order chi connectivity index (χ1) is 10.1. The number of hydrogen-bond acceptors (Lipinski definition) is 6. The first kappa shape index (κ1) is 15.1. The van der Waals surface area contributed by atoms with Gasteiger partial charge in [0.05, 0.1) is 29.9 Å². The van der Waals surface area contributed by atoms with Crippen molar-refractivity contribution in [3.8, 4) is 0 Å². The molecular weight excluding hydrogens is 270 g/mol. The van der Waals surface area contributed by atoms with E-state index in [1.165, 1.54) is 6.20 Å². The van der Waals surface area contributed by atoms with Crippen molar-refractivity contribution < 1.29 is 9.53 Å². The van der Waals surface area contributed by atoms with Gasteiger partial charge in [-0.3, -0.25) is 14.6 Å². The summed E-state index contributed by atoms with van der Waals surface area (Å²) in [6, 6.07) is 0. The zero-order valence-electron chi connectivity index (χ0n) is 12.5. The second-order valence-corrected chi connectivity index (χ2v) is 4.60. The Morgan fingerprint density at radius 3 is 2.76 bits per heavy atom. The molecule has 2 heterocycles. The molecule has 21 heavy (non-hydrogen) atoms. The van der Waals surface area contributed by atoms with E-state index < -0.39 is 0 Å². The summed E-state index contributed by atoms with van der Waals surface area (Å²) in [5.74, 6) is -0.350. The second kappa shape index (κ2) is 6.94. The van der Waals surface area contributed by atoms with E-state index in [-0.39, 0.29) is 5.97 Å². The van der Waals surface area contributed by atoms with Gasteiger partial charge >= 0.3 is 5.97 Å². The molecule has 2 aromatic rings. The maximum atomic E-state index is 11.8. The first-order valence-corrected chi connectivity index (χ1v) is 6.78. The van der Waals surface area contributed by atoms with Gasteiger partial charge in [-0.2, -0.15) is 5.10 Å². The van der Waals surface area contributed by atoms with Crippen molar-refractivity contribution in [3.63, 3.8) is 0 Å². The molecule has 2 rings (SSSR count). The van der Waals surface area contributed by atoms with E-state index >= 15 is 0 Å². The van der Waals surface area contributed by atoms with Gasteiger partial charge in [-0.15, -0.1) is 0 Å². The third kappa shape index (κ3) is 3.85. The van der Waals surface area contributed by atoms with Gasteiger partial charge in [-0.25, -0.2) is 4.79 Å². The topological polar surface area (TPSA) is 81.9 Å². The van der Waals surface area contributed by atoms with Gasteiger partial charge < -0.3 is 10.1 Å². The lowest BCUT2D eigenvalue weighted by atomic mass is 10.2. The third-order valence-electron chi connectivity index (χ3n) is 2.99. The van der Waals surface area contributed by atoms with Gasteiger partial charge in [0, 0.05) is 32.5 Å². The molecule has 2 aromatic heterocycles. The van der Waals surface area contributed by atoms with Crippen LogP contribution in [0.15, 0.2) is 18.6 Å². The van der Waals surface area contributed by atoms with Crippen LogP contribution >= 0.6 is 0 Å². The van der Waals surface area contributed by atoms with Crippen LogP contribution in [0, 0.1) is 6.92 Å². The zero-order valence-corrected chi connectivity index (χ0v) is 12.5. The van der Waals surface area contributed by atoms with Gasteiger partial charge in [-0.05, 0) is 13.8 Å². The molecular formula is C14H19N5O2.